The molecule has 2 saturated heterocycles. The molecule has 182 valence electrons. The fraction of sp³-hybridized carbons (Fsp3) is 0.500. The van der Waals surface area contributed by atoms with E-state index in [1.807, 2.05) is 13.8 Å². The van der Waals surface area contributed by atoms with E-state index in [2.05, 4.69) is 16.5 Å². The lowest BCUT2D eigenvalue weighted by Gasteiger charge is -2.36. The zero-order valence-electron chi connectivity index (χ0n) is 19.0. The Kier molecular flexibility index (Phi) is 5.99. The van der Waals surface area contributed by atoms with E-state index in [4.69, 9.17) is 9.47 Å². The summed E-state index contributed by atoms with van der Waals surface area (Å²) >= 11 is 2.07. The van der Waals surface area contributed by atoms with Gasteiger partial charge in [0.05, 0.1) is 5.56 Å². The normalized spacial score (nSPS) is 29.8. The zero-order chi connectivity index (χ0) is 24.1. The summed E-state index contributed by atoms with van der Waals surface area (Å²) in [5.41, 5.74) is -0.510. The first kappa shape index (κ1) is 23.4. The van der Waals surface area contributed by atoms with Gasteiger partial charge in [0.1, 0.15) is 11.4 Å². The van der Waals surface area contributed by atoms with Gasteiger partial charge in [0.2, 0.25) is 0 Å². The van der Waals surface area contributed by atoms with Crippen LogP contribution in [0.2, 0.25) is 0 Å². The average Bonchev–Trinajstić information content (AvgIpc) is 3.47. The molecule has 3 aliphatic rings. The highest BCUT2D eigenvalue weighted by atomic mass is 32.2. The standard InChI is InChI=1S/C26H27F3O4S/c1-15(2)25(13-18-19(14-25)23-11-10-22(18)34-23)32-21-12-16(8-9-20(21)33-26(27,28)29)24(30)31-17-6-4-3-5-7-17/h3-9,12,15,18-19,22-23H,10-11,13-14H2,1-2H3. The van der Waals surface area contributed by atoms with Crippen LogP contribution in [0, 0.1) is 17.8 Å². The van der Waals surface area contributed by atoms with E-state index in [1.54, 1.807) is 30.3 Å². The van der Waals surface area contributed by atoms with Gasteiger partial charge >= 0.3 is 12.3 Å². The summed E-state index contributed by atoms with van der Waals surface area (Å²) in [6.07, 6.45) is -0.875. The van der Waals surface area contributed by atoms with Crippen LogP contribution in [0.25, 0.3) is 0 Å². The second-order valence-electron chi connectivity index (χ2n) is 9.76. The van der Waals surface area contributed by atoms with Gasteiger partial charge < -0.3 is 14.2 Å². The number of hydrogen-bond donors (Lipinski definition) is 0. The summed E-state index contributed by atoms with van der Waals surface area (Å²) in [5.74, 6) is 0.272. The third-order valence-corrected chi connectivity index (χ3v) is 9.35. The number of alkyl halides is 3. The Morgan fingerprint density at radius 3 is 2.24 bits per heavy atom. The Bertz CT molecular complexity index is 1040. The van der Waals surface area contributed by atoms with Gasteiger partial charge in [-0.1, -0.05) is 32.0 Å². The molecule has 3 fully saturated rings. The lowest BCUT2D eigenvalue weighted by molar-refractivity contribution is -0.275. The highest BCUT2D eigenvalue weighted by Crippen LogP contribution is 2.63. The van der Waals surface area contributed by atoms with E-state index >= 15 is 0 Å². The molecule has 0 aromatic heterocycles. The first-order valence-corrected chi connectivity index (χ1v) is 12.6. The number of carbonyl (C=O) groups is 1. The van der Waals surface area contributed by atoms with Crippen molar-refractivity contribution in [2.24, 2.45) is 17.8 Å². The lowest BCUT2D eigenvalue weighted by Crippen LogP contribution is -2.40. The van der Waals surface area contributed by atoms with Crippen LogP contribution in [0.15, 0.2) is 48.5 Å². The molecule has 8 heteroatoms. The van der Waals surface area contributed by atoms with Crippen molar-refractivity contribution in [1.82, 2.24) is 0 Å². The molecule has 2 aromatic carbocycles. The van der Waals surface area contributed by atoms with Gasteiger partial charge in [-0.3, -0.25) is 0 Å². The maximum absolute atomic E-state index is 13.2. The largest absolute Gasteiger partial charge is 0.573 e. The van der Waals surface area contributed by atoms with Crippen molar-refractivity contribution < 1.29 is 32.2 Å². The van der Waals surface area contributed by atoms with Crippen LogP contribution in [-0.2, 0) is 0 Å². The summed E-state index contributed by atoms with van der Waals surface area (Å²) in [7, 11) is 0. The number of rotatable bonds is 6. The van der Waals surface area contributed by atoms with Crippen LogP contribution in [-0.4, -0.2) is 28.4 Å². The van der Waals surface area contributed by atoms with Crippen molar-refractivity contribution in [3.8, 4) is 17.2 Å². The van der Waals surface area contributed by atoms with E-state index in [1.165, 1.54) is 25.0 Å². The van der Waals surface area contributed by atoms with Gasteiger partial charge in [-0.2, -0.15) is 11.8 Å². The number of ether oxygens (including phenoxy) is 3. The Labute approximate surface area is 201 Å². The second kappa shape index (κ2) is 8.70. The smallest absolute Gasteiger partial charge is 0.483 e. The molecule has 2 heterocycles. The van der Waals surface area contributed by atoms with Crippen molar-refractivity contribution in [2.75, 3.05) is 0 Å². The van der Waals surface area contributed by atoms with Crippen LogP contribution in [0.3, 0.4) is 0 Å². The quantitative estimate of drug-likeness (QED) is 0.325. The number of halogens is 3. The SMILES string of the molecule is CC(C)C1(Oc2cc(C(=O)Oc3ccccc3)ccc2OC(F)(F)F)CC2C3CCC(S3)C2C1. The third-order valence-electron chi connectivity index (χ3n) is 7.48. The van der Waals surface area contributed by atoms with Gasteiger partial charge in [-0.15, -0.1) is 13.2 Å². The van der Waals surface area contributed by atoms with Gasteiger partial charge in [0.25, 0.3) is 0 Å². The van der Waals surface area contributed by atoms with E-state index in [9.17, 15) is 18.0 Å². The minimum absolute atomic E-state index is 0.0755. The Morgan fingerprint density at radius 2 is 1.65 bits per heavy atom. The number of esters is 1. The molecule has 1 aliphatic carbocycles. The predicted octanol–water partition coefficient (Wildman–Crippen LogP) is 6.88. The predicted molar refractivity (Wildman–Crippen MR) is 123 cm³/mol. The van der Waals surface area contributed by atoms with Crippen LogP contribution in [0.5, 0.6) is 17.2 Å². The first-order chi connectivity index (χ1) is 16.1. The summed E-state index contributed by atoms with van der Waals surface area (Å²) in [6.45, 7) is 4.10. The molecule has 0 amide bonds. The van der Waals surface area contributed by atoms with E-state index in [0.29, 0.717) is 28.1 Å². The summed E-state index contributed by atoms with van der Waals surface area (Å²) in [4.78, 5) is 12.7. The topological polar surface area (TPSA) is 44.8 Å². The molecule has 34 heavy (non-hydrogen) atoms. The van der Waals surface area contributed by atoms with Crippen LogP contribution >= 0.6 is 11.8 Å². The highest BCUT2D eigenvalue weighted by Gasteiger charge is 2.59. The molecule has 5 rings (SSSR count). The second-order valence-corrected chi connectivity index (χ2v) is 11.2. The van der Waals surface area contributed by atoms with Crippen LogP contribution in [0.1, 0.15) is 49.9 Å². The summed E-state index contributed by atoms with van der Waals surface area (Å²) in [6, 6.07) is 12.2. The maximum atomic E-state index is 13.2. The number of hydrogen-bond acceptors (Lipinski definition) is 5. The fourth-order valence-electron chi connectivity index (χ4n) is 5.79. The van der Waals surface area contributed by atoms with E-state index in [0.717, 1.165) is 18.9 Å². The highest BCUT2D eigenvalue weighted by molar-refractivity contribution is 8.01. The molecule has 0 spiro atoms. The van der Waals surface area contributed by atoms with Crippen molar-refractivity contribution in [1.29, 1.82) is 0 Å². The Morgan fingerprint density at radius 1 is 1.00 bits per heavy atom. The summed E-state index contributed by atoms with van der Waals surface area (Å²) < 4.78 is 55.6. The van der Waals surface area contributed by atoms with E-state index < -0.39 is 23.7 Å². The molecule has 2 bridgehead atoms. The van der Waals surface area contributed by atoms with Gasteiger partial charge in [-0.25, -0.2) is 4.79 Å². The monoisotopic (exact) mass is 492 g/mol. The Balaban J connectivity index is 1.45. The Hall–Kier alpha value is -2.35. The lowest BCUT2D eigenvalue weighted by atomic mass is 9.82. The zero-order valence-corrected chi connectivity index (χ0v) is 19.8. The van der Waals surface area contributed by atoms with Crippen molar-refractivity contribution in [3.05, 3.63) is 54.1 Å². The molecule has 0 N–H and O–H groups in total. The molecule has 4 atom stereocenters. The minimum atomic E-state index is -4.88. The number of para-hydroxylation sites is 1. The first-order valence-electron chi connectivity index (χ1n) is 11.6. The maximum Gasteiger partial charge on any atom is 0.573 e. The third kappa shape index (κ3) is 4.49. The van der Waals surface area contributed by atoms with Gasteiger partial charge in [-0.05, 0) is 73.8 Å². The van der Waals surface area contributed by atoms with E-state index in [-0.39, 0.29) is 17.2 Å². The molecule has 0 radical (unpaired) electrons. The molecule has 4 nitrogen and oxygen atoms in total. The van der Waals surface area contributed by atoms with Crippen molar-refractivity contribution in [2.45, 2.75) is 62.0 Å². The number of thioether (sulfide) groups is 1. The minimum Gasteiger partial charge on any atom is -0.483 e. The molecular weight excluding hydrogens is 465 g/mol. The average molecular weight is 493 g/mol. The number of fused-ring (bicyclic) bond motifs is 5. The van der Waals surface area contributed by atoms with Gasteiger partial charge in [0, 0.05) is 10.5 Å². The molecule has 2 aromatic rings. The fourth-order valence-corrected chi connectivity index (χ4v) is 7.78. The summed E-state index contributed by atoms with van der Waals surface area (Å²) in [5, 5.41) is 1.22. The number of benzene rings is 2. The number of carbonyl (C=O) groups excluding carboxylic acids is 1. The van der Waals surface area contributed by atoms with Crippen LogP contribution < -0.4 is 14.2 Å². The molecule has 4 unspecified atom stereocenters. The van der Waals surface area contributed by atoms with Crippen LogP contribution in [0.4, 0.5) is 13.2 Å². The molecule has 2 aliphatic heterocycles. The van der Waals surface area contributed by atoms with Crippen molar-refractivity contribution >= 4 is 17.7 Å². The molecule has 1 saturated carbocycles. The molecular formula is C26H27F3O4S. The van der Waals surface area contributed by atoms with Gasteiger partial charge in [0.15, 0.2) is 11.5 Å². The van der Waals surface area contributed by atoms with Crippen molar-refractivity contribution in [3.63, 3.8) is 0 Å².